The molecule has 2 N–H and O–H groups in total. The highest BCUT2D eigenvalue weighted by Gasteiger charge is 2.25. The zero-order chi connectivity index (χ0) is 14.2. The molecule has 4 rings (SSSR count). The zero-order valence-electron chi connectivity index (χ0n) is 11.4. The van der Waals surface area contributed by atoms with Crippen LogP contribution in [0.5, 0.6) is 0 Å². The Morgan fingerprint density at radius 1 is 1.33 bits per heavy atom. The fraction of sp³-hybridized carbons (Fsp3) is 0.250. The third-order valence-electron chi connectivity index (χ3n) is 4.04. The molecule has 1 aliphatic rings. The first-order valence-electron chi connectivity index (χ1n) is 7.13. The molecule has 0 spiro atoms. The van der Waals surface area contributed by atoms with Crippen LogP contribution in [0, 0.1) is 0 Å². The summed E-state index contributed by atoms with van der Waals surface area (Å²) in [6, 6.07) is 9.59. The van der Waals surface area contributed by atoms with Crippen molar-refractivity contribution in [1.82, 2.24) is 15.5 Å². The number of amides is 1. The monoisotopic (exact) mass is 281 g/mol. The van der Waals surface area contributed by atoms with Gasteiger partial charge < -0.3 is 9.73 Å². The molecule has 1 atom stereocenters. The van der Waals surface area contributed by atoms with Crippen molar-refractivity contribution < 1.29 is 9.21 Å². The second-order valence-electron chi connectivity index (χ2n) is 5.34. The van der Waals surface area contributed by atoms with Crippen molar-refractivity contribution in [2.45, 2.75) is 25.3 Å². The van der Waals surface area contributed by atoms with Gasteiger partial charge in [0.25, 0.3) is 5.91 Å². The van der Waals surface area contributed by atoms with Crippen LogP contribution in [0.25, 0.3) is 10.9 Å². The van der Waals surface area contributed by atoms with Crippen molar-refractivity contribution in [2.24, 2.45) is 0 Å². The van der Waals surface area contributed by atoms with E-state index in [0.29, 0.717) is 5.69 Å². The predicted molar refractivity (Wildman–Crippen MR) is 77.9 cm³/mol. The molecule has 0 fully saturated rings. The van der Waals surface area contributed by atoms with Crippen molar-refractivity contribution in [3.05, 3.63) is 53.6 Å². The van der Waals surface area contributed by atoms with E-state index in [1.54, 1.807) is 6.26 Å². The van der Waals surface area contributed by atoms with Crippen LogP contribution >= 0.6 is 0 Å². The standard InChI is InChI=1S/C16H15N3O2/c20-16(15-11-4-1-2-5-13(11)18-19-15)17-12-6-3-7-14-10(12)8-9-21-14/h1-2,4-5,8-9,12H,3,6-7H2,(H,17,20)(H,18,19). The topological polar surface area (TPSA) is 70.9 Å². The van der Waals surface area contributed by atoms with Crippen LogP contribution in [0.3, 0.4) is 0 Å². The quantitative estimate of drug-likeness (QED) is 0.758. The Morgan fingerprint density at radius 3 is 3.19 bits per heavy atom. The summed E-state index contributed by atoms with van der Waals surface area (Å²) < 4.78 is 5.46. The molecular weight excluding hydrogens is 266 g/mol. The summed E-state index contributed by atoms with van der Waals surface area (Å²) in [5.41, 5.74) is 2.41. The minimum absolute atomic E-state index is 0.00969. The number of aryl methyl sites for hydroxylation is 1. The molecule has 5 nitrogen and oxygen atoms in total. The van der Waals surface area contributed by atoms with Crippen molar-refractivity contribution in [2.75, 3.05) is 0 Å². The number of rotatable bonds is 2. The fourth-order valence-corrected chi connectivity index (χ4v) is 3.00. The molecular formula is C16H15N3O2. The van der Waals surface area contributed by atoms with Gasteiger partial charge in [0.05, 0.1) is 17.8 Å². The van der Waals surface area contributed by atoms with Gasteiger partial charge in [-0.3, -0.25) is 9.89 Å². The Hall–Kier alpha value is -2.56. The lowest BCUT2D eigenvalue weighted by molar-refractivity contribution is 0.0929. The SMILES string of the molecule is O=C(NC1CCCc2occc21)c1n[nH]c2ccccc12. The van der Waals surface area contributed by atoms with Crippen LogP contribution in [0.4, 0.5) is 0 Å². The molecule has 2 aromatic heterocycles. The van der Waals surface area contributed by atoms with Crippen LogP contribution in [-0.4, -0.2) is 16.1 Å². The van der Waals surface area contributed by atoms with Gasteiger partial charge in [0.2, 0.25) is 0 Å². The Bertz CT molecular complexity index is 803. The molecule has 106 valence electrons. The summed E-state index contributed by atoms with van der Waals surface area (Å²) in [5.74, 6) is 0.838. The lowest BCUT2D eigenvalue weighted by Crippen LogP contribution is -2.30. The molecule has 3 aromatic rings. The Kier molecular flexibility index (Phi) is 2.77. The van der Waals surface area contributed by atoms with Crippen molar-refractivity contribution in [3.63, 3.8) is 0 Å². The van der Waals surface area contributed by atoms with E-state index in [2.05, 4.69) is 15.5 Å². The van der Waals surface area contributed by atoms with E-state index < -0.39 is 0 Å². The van der Waals surface area contributed by atoms with E-state index in [1.807, 2.05) is 30.3 Å². The summed E-state index contributed by atoms with van der Waals surface area (Å²) in [6.45, 7) is 0. The average Bonchev–Trinajstić information content (AvgIpc) is 3.14. The smallest absolute Gasteiger partial charge is 0.272 e. The highest BCUT2D eigenvalue weighted by Crippen LogP contribution is 2.30. The van der Waals surface area contributed by atoms with Gasteiger partial charge in [0, 0.05) is 17.4 Å². The molecule has 5 heteroatoms. The lowest BCUT2D eigenvalue weighted by atomic mass is 9.93. The predicted octanol–water partition coefficient (Wildman–Crippen LogP) is 2.96. The van der Waals surface area contributed by atoms with Crippen molar-refractivity contribution >= 4 is 16.8 Å². The second kappa shape index (κ2) is 4.77. The van der Waals surface area contributed by atoms with Gasteiger partial charge in [-0.1, -0.05) is 18.2 Å². The molecule has 0 bridgehead atoms. The molecule has 2 heterocycles. The highest BCUT2D eigenvalue weighted by atomic mass is 16.3. The number of benzene rings is 1. The average molecular weight is 281 g/mol. The third-order valence-corrected chi connectivity index (χ3v) is 4.04. The zero-order valence-corrected chi connectivity index (χ0v) is 11.4. The normalized spacial score (nSPS) is 17.6. The number of H-pyrrole nitrogens is 1. The molecule has 0 aliphatic heterocycles. The largest absolute Gasteiger partial charge is 0.469 e. The number of carbonyl (C=O) groups excluding carboxylic acids is 1. The molecule has 1 unspecified atom stereocenters. The number of para-hydroxylation sites is 1. The van der Waals surface area contributed by atoms with Gasteiger partial charge in [-0.25, -0.2) is 0 Å². The molecule has 1 aromatic carbocycles. The van der Waals surface area contributed by atoms with E-state index in [9.17, 15) is 4.79 Å². The van der Waals surface area contributed by atoms with Crippen LogP contribution in [0.2, 0.25) is 0 Å². The summed E-state index contributed by atoms with van der Waals surface area (Å²) in [7, 11) is 0. The maximum absolute atomic E-state index is 12.5. The minimum atomic E-state index is -0.147. The molecule has 0 saturated heterocycles. The summed E-state index contributed by atoms with van der Waals surface area (Å²) in [5, 5.41) is 11.0. The van der Waals surface area contributed by atoms with Gasteiger partial charge in [-0.2, -0.15) is 5.10 Å². The van der Waals surface area contributed by atoms with Crippen LogP contribution in [0.1, 0.15) is 40.7 Å². The minimum Gasteiger partial charge on any atom is -0.469 e. The molecule has 1 aliphatic carbocycles. The lowest BCUT2D eigenvalue weighted by Gasteiger charge is -2.22. The van der Waals surface area contributed by atoms with E-state index in [0.717, 1.165) is 41.5 Å². The Morgan fingerprint density at radius 2 is 2.24 bits per heavy atom. The number of hydrogen-bond acceptors (Lipinski definition) is 3. The molecule has 0 saturated carbocycles. The summed E-state index contributed by atoms with van der Waals surface area (Å²) in [4.78, 5) is 12.5. The van der Waals surface area contributed by atoms with Gasteiger partial charge in [0.15, 0.2) is 5.69 Å². The van der Waals surface area contributed by atoms with Crippen molar-refractivity contribution in [3.8, 4) is 0 Å². The van der Waals surface area contributed by atoms with Crippen LogP contribution < -0.4 is 5.32 Å². The van der Waals surface area contributed by atoms with Gasteiger partial charge in [0.1, 0.15) is 5.76 Å². The number of fused-ring (bicyclic) bond motifs is 2. The van der Waals surface area contributed by atoms with E-state index in [-0.39, 0.29) is 11.9 Å². The van der Waals surface area contributed by atoms with Gasteiger partial charge in [-0.05, 0) is 25.0 Å². The van der Waals surface area contributed by atoms with Crippen LogP contribution in [0.15, 0.2) is 41.0 Å². The number of nitrogens with zero attached hydrogens (tertiary/aromatic N) is 1. The Balaban J connectivity index is 1.62. The van der Waals surface area contributed by atoms with Gasteiger partial charge >= 0.3 is 0 Å². The first kappa shape index (κ1) is 12.2. The number of aromatic amines is 1. The molecule has 0 radical (unpaired) electrons. The number of carbonyl (C=O) groups is 1. The molecule has 1 amide bonds. The van der Waals surface area contributed by atoms with Gasteiger partial charge in [-0.15, -0.1) is 0 Å². The first-order valence-corrected chi connectivity index (χ1v) is 7.13. The third kappa shape index (κ3) is 2.01. The Labute approximate surface area is 121 Å². The molecule has 21 heavy (non-hydrogen) atoms. The number of hydrogen-bond donors (Lipinski definition) is 2. The number of furan rings is 1. The first-order chi connectivity index (χ1) is 10.3. The highest BCUT2D eigenvalue weighted by molar-refractivity contribution is 6.04. The fourth-order valence-electron chi connectivity index (χ4n) is 3.00. The second-order valence-corrected chi connectivity index (χ2v) is 5.34. The van der Waals surface area contributed by atoms with Crippen molar-refractivity contribution in [1.29, 1.82) is 0 Å². The van der Waals surface area contributed by atoms with E-state index >= 15 is 0 Å². The number of aromatic nitrogens is 2. The summed E-state index contributed by atoms with van der Waals surface area (Å²) >= 11 is 0. The summed E-state index contributed by atoms with van der Waals surface area (Å²) in [6.07, 6.45) is 4.59. The maximum atomic E-state index is 12.5. The van der Waals surface area contributed by atoms with E-state index in [1.165, 1.54) is 0 Å². The maximum Gasteiger partial charge on any atom is 0.272 e. The van der Waals surface area contributed by atoms with Crippen LogP contribution in [-0.2, 0) is 6.42 Å². The number of nitrogens with one attached hydrogen (secondary N) is 2. The van der Waals surface area contributed by atoms with E-state index in [4.69, 9.17) is 4.42 Å².